The molecule has 35 heavy (non-hydrogen) atoms. The standard InChI is InChI=1S/C28H32FN3O2S/c1-20(33)30-25-9-7-21(8-10-25)18-32-14-11-22(12-15-32)27(17-23-5-3-4-6-26(23)29)31(2)28(34)24-13-16-35-19-24/h3-10,13,16,19,22,27H,11-12,14-15,17-18H2,1-2H3,(H,30,33)/t27-/m0/s1. The number of thiophene rings is 1. The Hall–Kier alpha value is -3.03. The summed E-state index contributed by atoms with van der Waals surface area (Å²) in [4.78, 5) is 28.6. The number of halogens is 1. The third kappa shape index (κ3) is 6.55. The molecule has 2 aromatic carbocycles. The van der Waals surface area contributed by atoms with Crippen molar-refractivity contribution in [2.45, 2.75) is 38.8 Å². The molecule has 4 rings (SSSR count). The number of hydrogen-bond acceptors (Lipinski definition) is 4. The topological polar surface area (TPSA) is 52.7 Å². The predicted molar refractivity (Wildman–Crippen MR) is 139 cm³/mol. The van der Waals surface area contributed by atoms with E-state index in [1.54, 1.807) is 6.07 Å². The minimum absolute atomic E-state index is 0.00530. The summed E-state index contributed by atoms with van der Waals surface area (Å²) in [7, 11) is 1.86. The number of nitrogens with zero attached hydrogens (tertiary/aromatic N) is 2. The van der Waals surface area contributed by atoms with E-state index >= 15 is 0 Å². The third-order valence-electron chi connectivity index (χ3n) is 6.83. The second-order valence-electron chi connectivity index (χ2n) is 9.28. The van der Waals surface area contributed by atoms with Gasteiger partial charge in [0, 0.05) is 37.6 Å². The van der Waals surface area contributed by atoms with Crippen LogP contribution in [0.2, 0.25) is 0 Å². The Labute approximate surface area is 210 Å². The molecule has 0 unspecified atom stereocenters. The van der Waals surface area contributed by atoms with E-state index < -0.39 is 0 Å². The highest BCUT2D eigenvalue weighted by atomic mass is 32.1. The highest BCUT2D eigenvalue weighted by Crippen LogP contribution is 2.29. The minimum atomic E-state index is -0.214. The molecule has 1 atom stereocenters. The van der Waals surface area contributed by atoms with Gasteiger partial charge in [-0.25, -0.2) is 4.39 Å². The number of benzene rings is 2. The Morgan fingerprint density at radius 2 is 1.83 bits per heavy atom. The molecule has 0 saturated carbocycles. The van der Waals surface area contributed by atoms with E-state index in [2.05, 4.69) is 10.2 Å². The van der Waals surface area contributed by atoms with Crippen molar-refractivity contribution in [3.05, 3.63) is 87.9 Å². The van der Waals surface area contributed by atoms with Crippen LogP contribution in [0.15, 0.2) is 65.4 Å². The van der Waals surface area contributed by atoms with Gasteiger partial charge in [0.15, 0.2) is 0 Å². The molecule has 2 amide bonds. The minimum Gasteiger partial charge on any atom is -0.338 e. The number of carbonyl (C=O) groups excluding carboxylic acids is 2. The van der Waals surface area contributed by atoms with Gasteiger partial charge in [0.1, 0.15) is 5.82 Å². The van der Waals surface area contributed by atoms with E-state index in [-0.39, 0.29) is 23.7 Å². The van der Waals surface area contributed by atoms with Gasteiger partial charge >= 0.3 is 0 Å². The zero-order chi connectivity index (χ0) is 24.8. The molecule has 0 spiro atoms. The Balaban J connectivity index is 1.42. The fourth-order valence-corrected chi connectivity index (χ4v) is 5.53. The molecule has 1 N–H and O–H groups in total. The summed E-state index contributed by atoms with van der Waals surface area (Å²) >= 11 is 1.51. The first kappa shape index (κ1) is 25.1. The Bertz CT molecular complexity index is 1130. The van der Waals surface area contributed by atoms with E-state index in [1.165, 1.54) is 29.9 Å². The summed E-state index contributed by atoms with van der Waals surface area (Å²) in [5.41, 5.74) is 3.35. The molecule has 184 valence electrons. The molecule has 1 aliphatic heterocycles. The Morgan fingerprint density at radius 1 is 1.11 bits per heavy atom. The van der Waals surface area contributed by atoms with Crippen molar-refractivity contribution >= 4 is 28.8 Å². The fourth-order valence-electron chi connectivity index (χ4n) is 4.90. The molecule has 0 aliphatic carbocycles. The van der Waals surface area contributed by atoms with Crippen LogP contribution in [-0.4, -0.2) is 47.8 Å². The largest absolute Gasteiger partial charge is 0.338 e. The lowest BCUT2D eigenvalue weighted by molar-refractivity contribution is -0.114. The number of likely N-dealkylation sites (N-methyl/N-ethyl adjacent to an activating group) is 1. The average Bonchev–Trinajstić information content (AvgIpc) is 3.39. The quantitative estimate of drug-likeness (QED) is 0.455. The summed E-state index contributed by atoms with van der Waals surface area (Å²) in [5, 5.41) is 6.58. The van der Waals surface area contributed by atoms with Gasteiger partial charge in [-0.05, 0) is 79.0 Å². The van der Waals surface area contributed by atoms with Gasteiger partial charge in [0.25, 0.3) is 5.91 Å². The van der Waals surface area contributed by atoms with Gasteiger partial charge < -0.3 is 10.2 Å². The first-order valence-electron chi connectivity index (χ1n) is 12.0. The smallest absolute Gasteiger partial charge is 0.254 e. The SMILES string of the molecule is CC(=O)Nc1ccc(CN2CCC([C@H](Cc3ccccc3F)N(C)C(=O)c3ccsc3)CC2)cc1. The molecule has 1 aliphatic rings. The zero-order valence-electron chi connectivity index (χ0n) is 20.2. The zero-order valence-corrected chi connectivity index (χ0v) is 21.1. The lowest BCUT2D eigenvalue weighted by atomic mass is 9.84. The number of carbonyl (C=O) groups is 2. The van der Waals surface area contributed by atoms with Crippen molar-refractivity contribution in [2.24, 2.45) is 5.92 Å². The van der Waals surface area contributed by atoms with Gasteiger partial charge in [-0.1, -0.05) is 30.3 Å². The number of nitrogens with one attached hydrogen (secondary N) is 1. The van der Waals surface area contributed by atoms with Crippen LogP contribution in [-0.2, 0) is 17.8 Å². The average molecular weight is 494 g/mol. The fraction of sp³-hybridized carbons (Fsp3) is 0.357. The molecule has 1 fully saturated rings. The van der Waals surface area contributed by atoms with Crippen LogP contribution in [0.5, 0.6) is 0 Å². The van der Waals surface area contributed by atoms with E-state index in [1.807, 2.05) is 65.2 Å². The molecule has 2 heterocycles. The molecule has 1 saturated heterocycles. The van der Waals surface area contributed by atoms with Crippen LogP contribution in [0, 0.1) is 11.7 Å². The van der Waals surface area contributed by atoms with Crippen molar-refractivity contribution < 1.29 is 14.0 Å². The van der Waals surface area contributed by atoms with E-state index in [0.29, 0.717) is 23.5 Å². The maximum absolute atomic E-state index is 14.5. The van der Waals surface area contributed by atoms with Crippen LogP contribution in [0.3, 0.4) is 0 Å². The first-order valence-corrected chi connectivity index (χ1v) is 13.0. The summed E-state index contributed by atoms with van der Waals surface area (Å²) in [6.07, 6.45) is 2.41. The van der Waals surface area contributed by atoms with Gasteiger partial charge in [0.2, 0.25) is 5.91 Å². The predicted octanol–water partition coefficient (Wildman–Crippen LogP) is 5.44. The lowest BCUT2D eigenvalue weighted by Gasteiger charge is -2.40. The van der Waals surface area contributed by atoms with E-state index in [4.69, 9.17) is 0 Å². The molecular formula is C28H32FN3O2S. The molecular weight excluding hydrogens is 461 g/mol. The van der Waals surface area contributed by atoms with Crippen molar-refractivity contribution in [2.75, 3.05) is 25.5 Å². The Morgan fingerprint density at radius 3 is 2.46 bits per heavy atom. The van der Waals surface area contributed by atoms with Crippen LogP contribution in [0.25, 0.3) is 0 Å². The molecule has 0 radical (unpaired) electrons. The number of hydrogen-bond donors (Lipinski definition) is 1. The number of anilines is 1. The van der Waals surface area contributed by atoms with Crippen molar-refractivity contribution in [1.82, 2.24) is 9.80 Å². The lowest BCUT2D eigenvalue weighted by Crippen LogP contribution is -2.47. The van der Waals surface area contributed by atoms with Crippen LogP contribution in [0.4, 0.5) is 10.1 Å². The van der Waals surface area contributed by atoms with E-state index in [0.717, 1.165) is 38.2 Å². The number of rotatable bonds is 8. The maximum Gasteiger partial charge on any atom is 0.254 e. The molecule has 1 aromatic heterocycles. The number of amides is 2. The maximum atomic E-state index is 14.5. The van der Waals surface area contributed by atoms with Crippen molar-refractivity contribution in [3.63, 3.8) is 0 Å². The van der Waals surface area contributed by atoms with Crippen molar-refractivity contribution in [1.29, 1.82) is 0 Å². The van der Waals surface area contributed by atoms with Gasteiger partial charge in [0.05, 0.1) is 5.56 Å². The molecule has 7 heteroatoms. The number of piperidine rings is 1. The highest BCUT2D eigenvalue weighted by molar-refractivity contribution is 7.08. The summed E-state index contributed by atoms with van der Waals surface area (Å²) in [5.74, 6) is -0.00361. The molecule has 3 aromatic rings. The summed E-state index contributed by atoms with van der Waals surface area (Å²) < 4.78 is 14.5. The molecule has 5 nitrogen and oxygen atoms in total. The Kier molecular flexibility index (Phi) is 8.31. The third-order valence-corrected chi connectivity index (χ3v) is 7.51. The van der Waals surface area contributed by atoms with Crippen LogP contribution in [0.1, 0.15) is 41.3 Å². The van der Waals surface area contributed by atoms with Gasteiger partial charge in [-0.2, -0.15) is 11.3 Å². The van der Waals surface area contributed by atoms with E-state index in [9.17, 15) is 14.0 Å². The highest BCUT2D eigenvalue weighted by Gasteiger charge is 2.32. The number of likely N-dealkylation sites (tertiary alicyclic amines) is 1. The summed E-state index contributed by atoms with van der Waals surface area (Å²) in [6.45, 7) is 4.19. The van der Waals surface area contributed by atoms with Crippen LogP contribution >= 0.6 is 11.3 Å². The van der Waals surface area contributed by atoms with Crippen LogP contribution < -0.4 is 5.32 Å². The second-order valence-corrected chi connectivity index (χ2v) is 10.1. The normalized spacial score (nSPS) is 15.5. The van der Waals surface area contributed by atoms with Gasteiger partial charge in [-0.3, -0.25) is 14.5 Å². The first-order chi connectivity index (χ1) is 16.9. The van der Waals surface area contributed by atoms with Gasteiger partial charge in [-0.15, -0.1) is 0 Å². The second kappa shape index (κ2) is 11.6. The van der Waals surface area contributed by atoms with Crippen molar-refractivity contribution in [3.8, 4) is 0 Å². The summed E-state index contributed by atoms with van der Waals surface area (Å²) in [6, 6.07) is 16.6. The molecule has 0 bridgehead atoms. The monoisotopic (exact) mass is 493 g/mol.